The van der Waals surface area contributed by atoms with Crippen molar-refractivity contribution >= 4 is 5.91 Å². The molecule has 0 bridgehead atoms. The van der Waals surface area contributed by atoms with Crippen molar-refractivity contribution in [1.29, 1.82) is 0 Å². The maximum Gasteiger partial charge on any atom is 0.222 e. The zero-order valence-corrected chi connectivity index (χ0v) is 11.6. The van der Waals surface area contributed by atoms with Gasteiger partial charge in [-0.2, -0.15) is 0 Å². The number of nitrogens with zero attached hydrogens (tertiary/aromatic N) is 1. The fourth-order valence-electron chi connectivity index (χ4n) is 1.83. The summed E-state index contributed by atoms with van der Waals surface area (Å²) in [5.74, 6) is 0.249. The summed E-state index contributed by atoms with van der Waals surface area (Å²) >= 11 is 0. The van der Waals surface area contributed by atoms with Crippen molar-refractivity contribution in [3.63, 3.8) is 0 Å². The molecule has 1 amide bonds. The molecule has 18 heavy (non-hydrogen) atoms. The number of carbonyl (C=O) groups excluding carboxylic acids is 1. The zero-order chi connectivity index (χ0) is 13.2. The maximum absolute atomic E-state index is 11.8. The van der Waals surface area contributed by atoms with E-state index in [1.165, 1.54) is 0 Å². The van der Waals surface area contributed by atoms with Crippen LogP contribution in [0.25, 0.3) is 0 Å². The van der Waals surface area contributed by atoms with Gasteiger partial charge < -0.3 is 19.7 Å². The van der Waals surface area contributed by atoms with Crippen LogP contribution in [0.3, 0.4) is 0 Å². The van der Waals surface area contributed by atoms with Crippen LogP contribution < -0.4 is 5.32 Å². The number of carbonyl (C=O) groups is 1. The van der Waals surface area contributed by atoms with Gasteiger partial charge in [-0.1, -0.05) is 0 Å². The molecule has 1 aliphatic heterocycles. The molecule has 0 atom stereocenters. The molecule has 106 valence electrons. The van der Waals surface area contributed by atoms with Crippen molar-refractivity contribution in [2.75, 3.05) is 46.0 Å². The highest BCUT2D eigenvalue weighted by molar-refractivity contribution is 5.76. The van der Waals surface area contributed by atoms with Crippen LogP contribution in [0.4, 0.5) is 0 Å². The van der Waals surface area contributed by atoms with E-state index >= 15 is 0 Å². The van der Waals surface area contributed by atoms with Gasteiger partial charge in [-0.15, -0.1) is 0 Å². The lowest BCUT2D eigenvalue weighted by molar-refractivity contribution is -0.135. The van der Waals surface area contributed by atoms with Crippen LogP contribution in [0.15, 0.2) is 0 Å². The molecule has 0 unspecified atom stereocenters. The van der Waals surface area contributed by atoms with Gasteiger partial charge in [-0.05, 0) is 26.8 Å². The quantitative estimate of drug-likeness (QED) is 0.649. The van der Waals surface area contributed by atoms with Gasteiger partial charge in [0.05, 0.1) is 25.9 Å². The van der Waals surface area contributed by atoms with Gasteiger partial charge >= 0.3 is 0 Å². The Morgan fingerprint density at radius 2 is 2.06 bits per heavy atom. The van der Waals surface area contributed by atoms with Crippen LogP contribution >= 0.6 is 0 Å². The third-order valence-electron chi connectivity index (χ3n) is 2.84. The Kier molecular flexibility index (Phi) is 7.96. The van der Waals surface area contributed by atoms with Gasteiger partial charge in [0, 0.05) is 26.1 Å². The summed E-state index contributed by atoms with van der Waals surface area (Å²) in [6.07, 6.45) is 1.80. The van der Waals surface area contributed by atoms with Crippen molar-refractivity contribution in [2.24, 2.45) is 0 Å². The second-order valence-corrected chi connectivity index (χ2v) is 4.77. The maximum atomic E-state index is 11.8. The van der Waals surface area contributed by atoms with Crippen LogP contribution in [0.2, 0.25) is 0 Å². The molecular weight excluding hydrogens is 232 g/mol. The highest BCUT2D eigenvalue weighted by Gasteiger charge is 2.15. The third kappa shape index (κ3) is 6.93. The smallest absolute Gasteiger partial charge is 0.222 e. The first-order chi connectivity index (χ1) is 8.70. The van der Waals surface area contributed by atoms with Crippen LogP contribution in [0, 0.1) is 0 Å². The standard InChI is InChI=1S/C13H26N2O3/c1-12(2)18-9-6-14-5-3-4-13(16)15-7-10-17-11-8-15/h12,14H,3-11H2,1-2H3. The Morgan fingerprint density at radius 1 is 1.33 bits per heavy atom. The Bertz CT molecular complexity index is 228. The average Bonchev–Trinajstić information content (AvgIpc) is 2.38. The van der Waals surface area contributed by atoms with E-state index in [1.807, 2.05) is 18.7 Å². The summed E-state index contributed by atoms with van der Waals surface area (Å²) in [6.45, 7) is 9.36. The van der Waals surface area contributed by atoms with Crippen LogP contribution in [0.1, 0.15) is 26.7 Å². The van der Waals surface area contributed by atoms with Crippen molar-refractivity contribution < 1.29 is 14.3 Å². The van der Waals surface area contributed by atoms with Crippen LogP contribution in [-0.2, 0) is 14.3 Å². The predicted molar refractivity (Wildman–Crippen MR) is 70.6 cm³/mol. The van der Waals surface area contributed by atoms with Gasteiger partial charge in [0.25, 0.3) is 0 Å². The number of ether oxygens (including phenoxy) is 2. The van der Waals surface area contributed by atoms with Gasteiger partial charge in [0.2, 0.25) is 5.91 Å². The number of rotatable bonds is 8. The third-order valence-corrected chi connectivity index (χ3v) is 2.84. The molecule has 5 nitrogen and oxygen atoms in total. The summed E-state index contributed by atoms with van der Waals surface area (Å²) in [6, 6.07) is 0. The molecule has 1 aliphatic rings. The number of amides is 1. The lowest BCUT2D eigenvalue weighted by Crippen LogP contribution is -2.40. The van der Waals surface area contributed by atoms with Gasteiger partial charge in [0.1, 0.15) is 0 Å². The first-order valence-electron chi connectivity index (χ1n) is 6.88. The van der Waals surface area contributed by atoms with E-state index < -0.39 is 0 Å². The minimum absolute atomic E-state index is 0.249. The van der Waals surface area contributed by atoms with Crippen molar-refractivity contribution in [2.45, 2.75) is 32.8 Å². The summed E-state index contributed by atoms with van der Waals surface area (Å²) in [5, 5.41) is 3.28. The number of nitrogens with one attached hydrogen (secondary N) is 1. The summed E-state index contributed by atoms with van der Waals surface area (Å²) in [7, 11) is 0. The van der Waals surface area contributed by atoms with Gasteiger partial charge in [-0.3, -0.25) is 4.79 Å². The molecule has 0 aromatic rings. The molecular formula is C13H26N2O3. The fourth-order valence-corrected chi connectivity index (χ4v) is 1.83. The largest absolute Gasteiger partial charge is 0.378 e. The molecule has 0 aromatic carbocycles. The number of hydrogen-bond donors (Lipinski definition) is 1. The molecule has 0 radical (unpaired) electrons. The van der Waals surface area contributed by atoms with E-state index in [0.717, 1.165) is 39.2 Å². The Labute approximate surface area is 110 Å². The minimum Gasteiger partial charge on any atom is -0.378 e. The molecule has 5 heteroatoms. The van der Waals surface area contributed by atoms with Crippen molar-refractivity contribution in [3.05, 3.63) is 0 Å². The normalized spacial score (nSPS) is 16.3. The number of morpholine rings is 1. The van der Waals surface area contributed by atoms with E-state index in [1.54, 1.807) is 0 Å². The lowest BCUT2D eigenvalue weighted by Gasteiger charge is -2.26. The van der Waals surface area contributed by atoms with Gasteiger partial charge in [0.15, 0.2) is 0 Å². The first-order valence-corrected chi connectivity index (χ1v) is 6.88. The van der Waals surface area contributed by atoms with Crippen molar-refractivity contribution in [1.82, 2.24) is 10.2 Å². The van der Waals surface area contributed by atoms with E-state index in [-0.39, 0.29) is 12.0 Å². The average molecular weight is 258 g/mol. The lowest BCUT2D eigenvalue weighted by atomic mass is 10.2. The summed E-state index contributed by atoms with van der Waals surface area (Å²) in [4.78, 5) is 13.7. The topological polar surface area (TPSA) is 50.8 Å². The predicted octanol–water partition coefficient (Wildman–Crippen LogP) is 0.640. The molecule has 1 rings (SSSR count). The molecule has 1 fully saturated rings. The number of hydrogen-bond acceptors (Lipinski definition) is 4. The summed E-state index contributed by atoms with van der Waals surface area (Å²) in [5.41, 5.74) is 0. The highest BCUT2D eigenvalue weighted by atomic mass is 16.5. The highest BCUT2D eigenvalue weighted by Crippen LogP contribution is 2.01. The monoisotopic (exact) mass is 258 g/mol. The summed E-state index contributed by atoms with van der Waals surface area (Å²) < 4.78 is 10.6. The van der Waals surface area contributed by atoms with E-state index in [2.05, 4.69) is 5.32 Å². The molecule has 1 heterocycles. The Morgan fingerprint density at radius 3 is 2.72 bits per heavy atom. The van der Waals surface area contributed by atoms with Gasteiger partial charge in [-0.25, -0.2) is 0 Å². The zero-order valence-electron chi connectivity index (χ0n) is 11.6. The van der Waals surface area contributed by atoms with Crippen LogP contribution in [-0.4, -0.2) is 62.9 Å². The second-order valence-electron chi connectivity index (χ2n) is 4.77. The fraction of sp³-hybridized carbons (Fsp3) is 0.923. The second kappa shape index (κ2) is 9.30. The molecule has 0 aliphatic carbocycles. The Balaban J connectivity index is 1.92. The van der Waals surface area contributed by atoms with E-state index in [4.69, 9.17) is 9.47 Å². The van der Waals surface area contributed by atoms with Crippen molar-refractivity contribution in [3.8, 4) is 0 Å². The molecule has 0 saturated carbocycles. The van der Waals surface area contributed by atoms with E-state index in [0.29, 0.717) is 19.6 Å². The molecule has 0 spiro atoms. The SMILES string of the molecule is CC(C)OCCNCCCC(=O)N1CCOCC1. The first kappa shape index (κ1) is 15.4. The molecule has 1 N–H and O–H groups in total. The minimum atomic E-state index is 0.249. The van der Waals surface area contributed by atoms with E-state index in [9.17, 15) is 4.79 Å². The Hall–Kier alpha value is -0.650. The molecule has 1 saturated heterocycles. The molecule has 0 aromatic heterocycles. The van der Waals surface area contributed by atoms with Crippen LogP contribution in [0.5, 0.6) is 0 Å².